The summed E-state index contributed by atoms with van der Waals surface area (Å²) < 4.78 is 36.0. The van der Waals surface area contributed by atoms with Gasteiger partial charge in [0.05, 0.1) is 5.75 Å². The average molecular weight is 444 g/mol. The predicted molar refractivity (Wildman–Crippen MR) is 108 cm³/mol. The first-order chi connectivity index (χ1) is 13.4. The van der Waals surface area contributed by atoms with Crippen LogP contribution in [0.15, 0.2) is 33.9 Å². The van der Waals surface area contributed by atoms with Crippen LogP contribution in [0.2, 0.25) is 5.02 Å². The standard InChI is InChI=1S/C19H26ClN3O5S/c1-6-12(2)15(21-17(24)28-19(3,4)5)16-22-23-18(27-16)29(25,26)11-13-7-9-14(20)10-8-13/h7-10,12,15H,6,11H2,1-5H3,(H,21,24)/t12-,15-/m1/s1. The minimum absolute atomic E-state index is 0.0138. The molecule has 1 aromatic heterocycles. The van der Waals surface area contributed by atoms with Crippen LogP contribution in [0.5, 0.6) is 0 Å². The lowest BCUT2D eigenvalue weighted by molar-refractivity contribution is 0.0473. The number of ether oxygens (including phenoxy) is 1. The summed E-state index contributed by atoms with van der Waals surface area (Å²) in [6.45, 7) is 9.06. The molecule has 0 saturated carbocycles. The molecule has 2 aromatic rings. The van der Waals surface area contributed by atoms with Gasteiger partial charge < -0.3 is 14.5 Å². The first kappa shape index (κ1) is 23.2. The van der Waals surface area contributed by atoms with Crippen LogP contribution in [0.1, 0.15) is 58.5 Å². The number of aromatic nitrogens is 2. The van der Waals surface area contributed by atoms with E-state index in [0.29, 0.717) is 17.0 Å². The van der Waals surface area contributed by atoms with Gasteiger partial charge in [0.15, 0.2) is 0 Å². The number of carbonyl (C=O) groups is 1. The zero-order chi connectivity index (χ0) is 21.8. The van der Waals surface area contributed by atoms with E-state index in [4.69, 9.17) is 20.8 Å². The maximum atomic E-state index is 12.6. The van der Waals surface area contributed by atoms with E-state index in [1.807, 2.05) is 13.8 Å². The zero-order valence-corrected chi connectivity index (χ0v) is 18.7. The number of alkyl carbamates (subject to hydrolysis) is 1. The Kier molecular flexibility index (Phi) is 7.29. The van der Waals surface area contributed by atoms with Crippen molar-refractivity contribution in [3.63, 3.8) is 0 Å². The summed E-state index contributed by atoms with van der Waals surface area (Å²) in [5.41, 5.74) is -0.133. The average Bonchev–Trinajstić information content (AvgIpc) is 3.10. The molecule has 1 aromatic carbocycles. The van der Waals surface area contributed by atoms with Crippen molar-refractivity contribution in [2.24, 2.45) is 5.92 Å². The Bertz CT molecular complexity index is 935. The topological polar surface area (TPSA) is 111 Å². The van der Waals surface area contributed by atoms with E-state index in [2.05, 4.69) is 15.5 Å². The largest absolute Gasteiger partial charge is 0.444 e. The van der Waals surface area contributed by atoms with E-state index >= 15 is 0 Å². The van der Waals surface area contributed by atoms with E-state index in [1.54, 1.807) is 45.0 Å². The lowest BCUT2D eigenvalue weighted by Crippen LogP contribution is -2.37. The van der Waals surface area contributed by atoms with Gasteiger partial charge in [-0.25, -0.2) is 13.2 Å². The van der Waals surface area contributed by atoms with Gasteiger partial charge >= 0.3 is 11.3 Å². The second-order valence-electron chi connectivity index (χ2n) is 7.80. The Labute approximate surface area is 175 Å². The monoisotopic (exact) mass is 443 g/mol. The minimum atomic E-state index is -3.86. The highest BCUT2D eigenvalue weighted by Crippen LogP contribution is 2.26. The number of benzene rings is 1. The Hall–Kier alpha value is -2.13. The van der Waals surface area contributed by atoms with E-state index < -0.39 is 32.8 Å². The summed E-state index contributed by atoms with van der Waals surface area (Å²) in [6.07, 6.45) is 0.0435. The molecule has 0 saturated heterocycles. The lowest BCUT2D eigenvalue weighted by atomic mass is 9.99. The molecular formula is C19H26ClN3O5S. The molecule has 10 heteroatoms. The Balaban J connectivity index is 2.22. The van der Waals surface area contributed by atoms with Gasteiger partial charge in [0.2, 0.25) is 15.7 Å². The summed E-state index contributed by atoms with van der Waals surface area (Å²) in [5.74, 6) is -0.381. The number of hydrogen-bond acceptors (Lipinski definition) is 7. The molecule has 0 unspecified atom stereocenters. The van der Waals surface area contributed by atoms with E-state index in [0.717, 1.165) is 0 Å². The second kappa shape index (κ2) is 9.13. The summed E-state index contributed by atoms with van der Waals surface area (Å²) in [5, 5.41) is 10.3. The van der Waals surface area contributed by atoms with Crippen LogP contribution in [-0.4, -0.2) is 30.3 Å². The molecule has 0 aliphatic rings. The fraction of sp³-hybridized carbons (Fsp3) is 0.526. The first-order valence-electron chi connectivity index (χ1n) is 9.21. The van der Waals surface area contributed by atoms with Gasteiger partial charge in [0.25, 0.3) is 0 Å². The lowest BCUT2D eigenvalue weighted by Gasteiger charge is -2.24. The number of carbonyl (C=O) groups excluding carboxylic acids is 1. The summed E-state index contributed by atoms with van der Waals surface area (Å²) in [4.78, 5) is 12.2. The number of sulfone groups is 1. The van der Waals surface area contributed by atoms with Crippen LogP contribution in [0.3, 0.4) is 0 Å². The number of amides is 1. The van der Waals surface area contributed by atoms with Gasteiger partial charge in [-0.15, -0.1) is 5.10 Å². The maximum Gasteiger partial charge on any atom is 0.408 e. The third-order valence-corrected chi connectivity index (χ3v) is 5.77. The van der Waals surface area contributed by atoms with Crippen molar-refractivity contribution in [2.75, 3.05) is 0 Å². The highest BCUT2D eigenvalue weighted by molar-refractivity contribution is 7.90. The smallest absolute Gasteiger partial charge is 0.408 e. The van der Waals surface area contributed by atoms with Crippen molar-refractivity contribution in [2.45, 2.75) is 63.7 Å². The van der Waals surface area contributed by atoms with Gasteiger partial charge in [0, 0.05) is 5.02 Å². The van der Waals surface area contributed by atoms with Gasteiger partial charge in [-0.2, -0.15) is 0 Å². The molecule has 8 nitrogen and oxygen atoms in total. The second-order valence-corrected chi connectivity index (χ2v) is 10.1. The Morgan fingerprint density at radius 3 is 2.41 bits per heavy atom. The number of nitrogens with one attached hydrogen (secondary N) is 1. The van der Waals surface area contributed by atoms with Crippen molar-refractivity contribution in [3.05, 3.63) is 40.7 Å². The summed E-state index contributed by atoms with van der Waals surface area (Å²) in [7, 11) is -3.86. The van der Waals surface area contributed by atoms with E-state index in [-0.39, 0.29) is 17.6 Å². The number of halogens is 1. The molecular weight excluding hydrogens is 418 g/mol. The Morgan fingerprint density at radius 1 is 1.24 bits per heavy atom. The molecule has 160 valence electrons. The van der Waals surface area contributed by atoms with E-state index in [1.165, 1.54) is 0 Å². The first-order valence-corrected chi connectivity index (χ1v) is 11.2. The molecule has 0 aliphatic carbocycles. The third kappa shape index (κ3) is 6.71. The minimum Gasteiger partial charge on any atom is -0.444 e. The van der Waals surface area contributed by atoms with Gasteiger partial charge in [-0.1, -0.05) is 49.1 Å². The fourth-order valence-corrected chi connectivity index (χ4v) is 3.71. The molecule has 2 rings (SSSR count). The number of nitrogens with zero attached hydrogens (tertiary/aromatic N) is 2. The predicted octanol–water partition coefficient (Wildman–Crippen LogP) is 4.31. The van der Waals surface area contributed by atoms with Crippen LogP contribution in [0.25, 0.3) is 0 Å². The van der Waals surface area contributed by atoms with Crippen LogP contribution in [-0.2, 0) is 20.3 Å². The van der Waals surface area contributed by atoms with Gasteiger partial charge in [-0.3, -0.25) is 0 Å². The molecule has 0 bridgehead atoms. The van der Waals surface area contributed by atoms with Crippen molar-refractivity contribution >= 4 is 27.5 Å². The number of hydrogen-bond donors (Lipinski definition) is 1. The molecule has 29 heavy (non-hydrogen) atoms. The van der Waals surface area contributed by atoms with Crippen molar-refractivity contribution < 1.29 is 22.4 Å². The molecule has 0 radical (unpaired) electrons. The molecule has 0 aliphatic heterocycles. The van der Waals surface area contributed by atoms with Gasteiger partial charge in [-0.05, 0) is 44.4 Å². The quantitative estimate of drug-likeness (QED) is 0.678. The van der Waals surface area contributed by atoms with E-state index in [9.17, 15) is 13.2 Å². The molecule has 2 atom stereocenters. The summed E-state index contributed by atoms with van der Waals surface area (Å²) in [6, 6.07) is 5.76. The van der Waals surface area contributed by atoms with Crippen molar-refractivity contribution in [3.8, 4) is 0 Å². The molecule has 1 amide bonds. The molecule has 1 heterocycles. The zero-order valence-electron chi connectivity index (χ0n) is 17.1. The molecule has 0 spiro atoms. The number of rotatable bonds is 7. The van der Waals surface area contributed by atoms with Crippen LogP contribution < -0.4 is 5.32 Å². The molecule has 0 fully saturated rings. The van der Waals surface area contributed by atoms with Crippen LogP contribution in [0, 0.1) is 5.92 Å². The maximum absolute atomic E-state index is 12.6. The van der Waals surface area contributed by atoms with Crippen LogP contribution in [0.4, 0.5) is 4.79 Å². The highest BCUT2D eigenvalue weighted by Gasteiger charge is 2.31. The SMILES string of the molecule is CC[C@@H](C)[C@@H](NC(=O)OC(C)(C)C)c1nnc(S(=O)(=O)Cc2ccc(Cl)cc2)o1. The summed E-state index contributed by atoms with van der Waals surface area (Å²) >= 11 is 5.83. The normalized spacial score (nSPS) is 14.3. The van der Waals surface area contributed by atoms with Crippen LogP contribution >= 0.6 is 11.6 Å². The molecule has 1 N–H and O–H groups in total. The van der Waals surface area contributed by atoms with Crippen molar-refractivity contribution in [1.82, 2.24) is 15.5 Å². The Morgan fingerprint density at radius 2 is 1.86 bits per heavy atom. The third-order valence-electron chi connectivity index (χ3n) is 4.11. The van der Waals surface area contributed by atoms with Gasteiger partial charge in [0.1, 0.15) is 11.6 Å². The highest BCUT2D eigenvalue weighted by atomic mass is 35.5. The van der Waals surface area contributed by atoms with Crippen molar-refractivity contribution in [1.29, 1.82) is 0 Å². The fourth-order valence-electron chi connectivity index (χ4n) is 2.45.